The summed E-state index contributed by atoms with van der Waals surface area (Å²) >= 11 is 0. The number of nitrogens with one attached hydrogen (secondary N) is 1. The molecule has 0 amide bonds. The molecule has 0 aromatic rings. The van der Waals surface area contributed by atoms with Gasteiger partial charge in [-0.25, -0.2) is 0 Å². The van der Waals surface area contributed by atoms with Gasteiger partial charge >= 0.3 is 0 Å². The summed E-state index contributed by atoms with van der Waals surface area (Å²) in [5, 5.41) is 3.52. The van der Waals surface area contributed by atoms with Gasteiger partial charge in [0.25, 0.3) is 0 Å². The minimum Gasteiger partial charge on any atom is -0.383 e. The van der Waals surface area contributed by atoms with Crippen LogP contribution in [0.1, 0.15) is 34.1 Å². The highest BCUT2D eigenvalue weighted by atomic mass is 16.5. The second-order valence-corrected chi connectivity index (χ2v) is 5.97. The first kappa shape index (κ1) is 13.9. The van der Waals surface area contributed by atoms with Crippen LogP contribution in [0.25, 0.3) is 0 Å². The summed E-state index contributed by atoms with van der Waals surface area (Å²) < 4.78 is 11.0. The SMILES string of the molecule is COCC(C)NCC1CCOC1C(C)(C)C. The Labute approximate surface area is 99.9 Å². The summed E-state index contributed by atoms with van der Waals surface area (Å²) in [4.78, 5) is 0. The Morgan fingerprint density at radius 1 is 1.44 bits per heavy atom. The van der Waals surface area contributed by atoms with Gasteiger partial charge in [0.1, 0.15) is 0 Å². The quantitative estimate of drug-likeness (QED) is 0.783. The van der Waals surface area contributed by atoms with Gasteiger partial charge in [-0.2, -0.15) is 0 Å². The van der Waals surface area contributed by atoms with Crippen molar-refractivity contribution in [2.24, 2.45) is 11.3 Å². The first-order chi connectivity index (χ1) is 7.45. The minimum absolute atomic E-state index is 0.243. The van der Waals surface area contributed by atoms with Crippen LogP contribution in [0, 0.1) is 11.3 Å². The van der Waals surface area contributed by atoms with Crippen LogP contribution in [-0.2, 0) is 9.47 Å². The fourth-order valence-electron chi connectivity index (χ4n) is 2.46. The number of methoxy groups -OCH3 is 1. The van der Waals surface area contributed by atoms with Gasteiger partial charge in [0.2, 0.25) is 0 Å². The highest BCUT2D eigenvalue weighted by Gasteiger charge is 2.36. The first-order valence-corrected chi connectivity index (χ1v) is 6.29. The molecule has 1 N–H and O–H groups in total. The molecule has 0 aromatic carbocycles. The Hall–Kier alpha value is -0.120. The lowest BCUT2D eigenvalue weighted by Crippen LogP contribution is -2.40. The lowest BCUT2D eigenvalue weighted by molar-refractivity contribution is 0.00640. The van der Waals surface area contributed by atoms with Crippen molar-refractivity contribution in [1.29, 1.82) is 0 Å². The van der Waals surface area contributed by atoms with Crippen LogP contribution in [0.3, 0.4) is 0 Å². The van der Waals surface area contributed by atoms with Gasteiger partial charge in [0.05, 0.1) is 12.7 Å². The van der Waals surface area contributed by atoms with E-state index in [1.807, 2.05) is 0 Å². The highest BCUT2D eigenvalue weighted by Crippen LogP contribution is 2.34. The molecular weight excluding hydrogens is 202 g/mol. The van der Waals surface area contributed by atoms with Crippen LogP contribution in [0.2, 0.25) is 0 Å². The van der Waals surface area contributed by atoms with E-state index in [0.717, 1.165) is 19.8 Å². The second-order valence-electron chi connectivity index (χ2n) is 5.97. The van der Waals surface area contributed by atoms with Gasteiger partial charge < -0.3 is 14.8 Å². The third-order valence-electron chi connectivity index (χ3n) is 3.21. The van der Waals surface area contributed by atoms with E-state index in [9.17, 15) is 0 Å². The van der Waals surface area contributed by atoms with Crippen LogP contribution in [-0.4, -0.2) is 39.0 Å². The van der Waals surface area contributed by atoms with E-state index < -0.39 is 0 Å². The predicted molar refractivity (Wildman–Crippen MR) is 66.6 cm³/mol. The molecule has 16 heavy (non-hydrogen) atoms. The van der Waals surface area contributed by atoms with Crippen molar-refractivity contribution < 1.29 is 9.47 Å². The van der Waals surface area contributed by atoms with Crippen molar-refractivity contribution in [3.05, 3.63) is 0 Å². The number of rotatable bonds is 5. The highest BCUT2D eigenvalue weighted by molar-refractivity contribution is 4.87. The topological polar surface area (TPSA) is 30.5 Å². The lowest BCUT2D eigenvalue weighted by atomic mass is 9.81. The Balaban J connectivity index is 2.36. The molecule has 0 saturated carbocycles. The monoisotopic (exact) mass is 229 g/mol. The van der Waals surface area contributed by atoms with E-state index in [0.29, 0.717) is 18.1 Å². The van der Waals surface area contributed by atoms with E-state index in [2.05, 4.69) is 33.0 Å². The van der Waals surface area contributed by atoms with Gasteiger partial charge in [0, 0.05) is 32.2 Å². The molecule has 3 nitrogen and oxygen atoms in total. The number of ether oxygens (including phenoxy) is 2. The average Bonchev–Trinajstić information content (AvgIpc) is 2.62. The third-order valence-corrected chi connectivity index (χ3v) is 3.21. The van der Waals surface area contributed by atoms with Crippen molar-refractivity contribution in [3.8, 4) is 0 Å². The molecule has 1 aliphatic rings. The third kappa shape index (κ3) is 4.04. The van der Waals surface area contributed by atoms with E-state index in [-0.39, 0.29) is 5.41 Å². The molecule has 1 saturated heterocycles. The summed E-state index contributed by atoms with van der Waals surface area (Å²) in [5.74, 6) is 0.638. The molecule has 3 unspecified atom stereocenters. The Kier molecular flexibility index (Phi) is 5.22. The zero-order valence-corrected chi connectivity index (χ0v) is 11.4. The van der Waals surface area contributed by atoms with E-state index in [4.69, 9.17) is 9.47 Å². The van der Waals surface area contributed by atoms with Crippen molar-refractivity contribution in [1.82, 2.24) is 5.32 Å². The molecule has 0 aliphatic carbocycles. The summed E-state index contributed by atoms with van der Waals surface area (Å²) in [6, 6.07) is 0.422. The van der Waals surface area contributed by atoms with E-state index in [1.165, 1.54) is 6.42 Å². The van der Waals surface area contributed by atoms with Crippen molar-refractivity contribution >= 4 is 0 Å². The molecule has 96 valence electrons. The molecule has 1 heterocycles. The Bertz CT molecular complexity index is 201. The summed E-state index contributed by atoms with van der Waals surface area (Å²) in [7, 11) is 1.74. The van der Waals surface area contributed by atoms with Crippen LogP contribution in [0.5, 0.6) is 0 Å². The number of hydrogen-bond acceptors (Lipinski definition) is 3. The fraction of sp³-hybridized carbons (Fsp3) is 1.00. The smallest absolute Gasteiger partial charge is 0.0664 e. The molecule has 0 aromatic heterocycles. The molecule has 3 atom stereocenters. The summed E-state index contributed by atoms with van der Waals surface area (Å²) in [6.45, 7) is 11.6. The van der Waals surface area contributed by atoms with Crippen molar-refractivity contribution in [3.63, 3.8) is 0 Å². The Morgan fingerprint density at radius 3 is 2.69 bits per heavy atom. The summed E-state index contributed by atoms with van der Waals surface area (Å²) in [5.41, 5.74) is 0.243. The predicted octanol–water partition coefficient (Wildman–Crippen LogP) is 2.06. The lowest BCUT2D eigenvalue weighted by Gasteiger charge is -2.31. The van der Waals surface area contributed by atoms with Gasteiger partial charge in [-0.3, -0.25) is 0 Å². The maximum atomic E-state index is 5.85. The molecule has 3 heteroatoms. The molecular formula is C13H27NO2. The number of hydrogen-bond donors (Lipinski definition) is 1. The first-order valence-electron chi connectivity index (χ1n) is 6.29. The molecule has 1 rings (SSSR count). The maximum absolute atomic E-state index is 5.85. The van der Waals surface area contributed by atoms with Crippen LogP contribution >= 0.6 is 0 Å². The van der Waals surface area contributed by atoms with Crippen LogP contribution in [0.15, 0.2) is 0 Å². The average molecular weight is 229 g/mol. The van der Waals surface area contributed by atoms with Crippen LogP contribution in [0.4, 0.5) is 0 Å². The molecule has 0 bridgehead atoms. The molecule has 0 radical (unpaired) electrons. The summed E-state index contributed by atoms with van der Waals surface area (Å²) in [6.07, 6.45) is 1.56. The minimum atomic E-state index is 0.243. The van der Waals surface area contributed by atoms with Gasteiger partial charge in [-0.15, -0.1) is 0 Å². The normalized spacial score (nSPS) is 28.3. The molecule has 1 aliphatic heterocycles. The second kappa shape index (κ2) is 5.99. The standard InChI is InChI=1S/C13H27NO2/c1-10(9-15-5)14-8-11-6-7-16-12(11)13(2,3)4/h10-12,14H,6-9H2,1-5H3. The van der Waals surface area contributed by atoms with Gasteiger partial charge in [0.15, 0.2) is 0 Å². The van der Waals surface area contributed by atoms with Crippen molar-refractivity contribution in [2.75, 3.05) is 26.9 Å². The van der Waals surface area contributed by atoms with Crippen LogP contribution < -0.4 is 5.32 Å². The molecule has 0 spiro atoms. The maximum Gasteiger partial charge on any atom is 0.0664 e. The fourth-order valence-corrected chi connectivity index (χ4v) is 2.46. The van der Waals surface area contributed by atoms with E-state index >= 15 is 0 Å². The largest absolute Gasteiger partial charge is 0.383 e. The van der Waals surface area contributed by atoms with Crippen molar-refractivity contribution in [2.45, 2.75) is 46.3 Å². The van der Waals surface area contributed by atoms with Gasteiger partial charge in [-0.05, 0) is 18.8 Å². The molecule has 1 fully saturated rings. The van der Waals surface area contributed by atoms with E-state index in [1.54, 1.807) is 7.11 Å². The zero-order chi connectivity index (χ0) is 12.2. The Morgan fingerprint density at radius 2 is 2.12 bits per heavy atom. The zero-order valence-electron chi connectivity index (χ0n) is 11.4. The van der Waals surface area contributed by atoms with Gasteiger partial charge in [-0.1, -0.05) is 20.8 Å².